The van der Waals surface area contributed by atoms with Crippen LogP contribution in [0.15, 0.2) is 54.6 Å². The Balaban J connectivity index is 1.30. The largest absolute Gasteiger partial charge is 0.447 e. The van der Waals surface area contributed by atoms with Gasteiger partial charge in [0.1, 0.15) is 6.61 Å². The van der Waals surface area contributed by atoms with Gasteiger partial charge in [-0.15, -0.1) is 0 Å². The fourth-order valence-corrected chi connectivity index (χ4v) is 3.90. The van der Waals surface area contributed by atoms with Gasteiger partial charge in [0.15, 0.2) is 0 Å². The number of carbonyl (C=O) groups excluding carboxylic acids is 3. The summed E-state index contributed by atoms with van der Waals surface area (Å²) in [5, 5.41) is 5.85. The van der Waals surface area contributed by atoms with Gasteiger partial charge in [-0.25, -0.2) is 9.59 Å². The van der Waals surface area contributed by atoms with Crippen molar-refractivity contribution in [2.45, 2.75) is 19.4 Å². The van der Waals surface area contributed by atoms with Crippen molar-refractivity contribution in [1.82, 2.24) is 10.2 Å². The van der Waals surface area contributed by atoms with Crippen LogP contribution in [0, 0.1) is 5.92 Å². The first-order chi connectivity index (χ1) is 15.1. The van der Waals surface area contributed by atoms with Gasteiger partial charge in [-0.05, 0) is 42.7 Å². The number of nitrogens with zero attached hydrogens (tertiary/aromatic N) is 2. The molecule has 0 aromatic heterocycles. The molecule has 162 valence electrons. The number of amides is 4. The molecule has 2 aromatic carbocycles. The van der Waals surface area contributed by atoms with Crippen molar-refractivity contribution in [3.63, 3.8) is 0 Å². The average molecular weight is 422 g/mol. The number of para-hydroxylation sites is 1. The van der Waals surface area contributed by atoms with Crippen molar-refractivity contribution in [3.8, 4) is 0 Å². The molecule has 4 amide bonds. The Morgan fingerprint density at radius 3 is 2.68 bits per heavy atom. The van der Waals surface area contributed by atoms with E-state index < -0.39 is 0 Å². The van der Waals surface area contributed by atoms with Crippen LogP contribution < -0.4 is 15.5 Å². The second-order valence-corrected chi connectivity index (χ2v) is 7.74. The molecule has 0 bridgehead atoms. The molecule has 0 saturated carbocycles. The van der Waals surface area contributed by atoms with E-state index >= 15 is 0 Å². The Hall–Kier alpha value is -3.55. The first kappa shape index (κ1) is 20.7. The summed E-state index contributed by atoms with van der Waals surface area (Å²) in [6.07, 6.45) is 1.19. The zero-order chi connectivity index (χ0) is 21.6. The number of carbonyl (C=O) groups is 3. The van der Waals surface area contributed by atoms with Crippen LogP contribution in [0.4, 0.5) is 21.0 Å². The van der Waals surface area contributed by atoms with Crippen molar-refractivity contribution >= 4 is 29.4 Å². The lowest BCUT2D eigenvalue weighted by Gasteiger charge is -2.32. The van der Waals surface area contributed by atoms with Gasteiger partial charge in [-0.1, -0.05) is 30.3 Å². The summed E-state index contributed by atoms with van der Waals surface area (Å²) in [6.45, 7) is 2.30. The zero-order valence-electron chi connectivity index (χ0n) is 17.3. The molecular weight excluding hydrogens is 396 g/mol. The highest BCUT2D eigenvalue weighted by atomic mass is 16.6. The van der Waals surface area contributed by atoms with E-state index in [0.29, 0.717) is 32.8 Å². The number of anilines is 2. The Kier molecular flexibility index (Phi) is 6.35. The molecule has 1 unspecified atom stereocenters. The summed E-state index contributed by atoms with van der Waals surface area (Å²) in [4.78, 5) is 40.3. The van der Waals surface area contributed by atoms with Crippen molar-refractivity contribution in [2.24, 2.45) is 5.92 Å². The summed E-state index contributed by atoms with van der Waals surface area (Å²) in [7, 11) is 0. The molecular formula is C23H26N4O4. The SMILES string of the molecule is O=C(NCc1cccc(N2CCOC2=O)c1)C1CCCN(C(=O)Nc2ccccc2)C1. The number of hydrogen-bond acceptors (Lipinski definition) is 4. The van der Waals surface area contributed by atoms with Gasteiger partial charge in [-0.2, -0.15) is 0 Å². The quantitative estimate of drug-likeness (QED) is 0.774. The average Bonchev–Trinajstić information content (AvgIpc) is 3.24. The molecule has 1 atom stereocenters. The van der Waals surface area contributed by atoms with Crippen molar-refractivity contribution in [1.29, 1.82) is 0 Å². The summed E-state index contributed by atoms with van der Waals surface area (Å²) in [5.41, 5.74) is 2.40. The highest BCUT2D eigenvalue weighted by Crippen LogP contribution is 2.21. The maximum Gasteiger partial charge on any atom is 0.414 e. The van der Waals surface area contributed by atoms with Crippen LogP contribution in [0.3, 0.4) is 0 Å². The highest BCUT2D eigenvalue weighted by Gasteiger charge is 2.28. The summed E-state index contributed by atoms with van der Waals surface area (Å²) in [5.74, 6) is -0.310. The molecule has 2 aliphatic heterocycles. The van der Waals surface area contributed by atoms with E-state index in [1.807, 2.05) is 54.6 Å². The predicted molar refractivity (Wildman–Crippen MR) is 117 cm³/mol. The predicted octanol–water partition coefficient (Wildman–Crippen LogP) is 3.20. The standard InChI is InChI=1S/C23H26N4O4/c28-21(24-15-17-6-4-10-20(14-17)27-12-13-31-23(27)30)18-7-5-11-26(16-18)22(29)25-19-8-2-1-3-9-19/h1-4,6,8-10,14,18H,5,7,11-13,15-16H2,(H,24,28)(H,25,29). The molecule has 0 spiro atoms. The molecule has 2 saturated heterocycles. The van der Waals surface area contributed by atoms with E-state index in [1.54, 1.807) is 9.80 Å². The van der Waals surface area contributed by atoms with Crippen molar-refractivity contribution < 1.29 is 19.1 Å². The first-order valence-electron chi connectivity index (χ1n) is 10.5. The third-order valence-corrected chi connectivity index (χ3v) is 5.55. The van der Waals surface area contributed by atoms with Crippen LogP contribution >= 0.6 is 0 Å². The van der Waals surface area contributed by atoms with E-state index in [9.17, 15) is 14.4 Å². The zero-order valence-corrected chi connectivity index (χ0v) is 17.3. The molecule has 8 nitrogen and oxygen atoms in total. The summed E-state index contributed by atoms with van der Waals surface area (Å²) in [6, 6.07) is 16.6. The lowest BCUT2D eigenvalue weighted by atomic mass is 9.97. The van der Waals surface area contributed by atoms with Gasteiger partial charge in [0, 0.05) is 31.0 Å². The monoisotopic (exact) mass is 422 g/mol. The molecule has 2 aliphatic rings. The smallest absolute Gasteiger partial charge is 0.414 e. The number of nitrogens with one attached hydrogen (secondary N) is 2. The van der Waals surface area contributed by atoms with Crippen molar-refractivity contribution in [3.05, 3.63) is 60.2 Å². The number of hydrogen-bond donors (Lipinski definition) is 2. The summed E-state index contributed by atoms with van der Waals surface area (Å²) < 4.78 is 4.98. The fraction of sp³-hybridized carbons (Fsp3) is 0.348. The minimum absolute atomic E-state index is 0.0665. The van der Waals surface area contributed by atoms with Crippen LogP contribution in [0.5, 0.6) is 0 Å². The number of rotatable bonds is 5. The maximum absolute atomic E-state index is 12.7. The van der Waals surface area contributed by atoms with Gasteiger partial charge in [0.2, 0.25) is 5.91 Å². The molecule has 2 aromatic rings. The fourth-order valence-electron chi connectivity index (χ4n) is 3.90. The first-order valence-corrected chi connectivity index (χ1v) is 10.5. The molecule has 0 radical (unpaired) electrons. The van der Waals surface area contributed by atoms with Crippen LogP contribution in [0.1, 0.15) is 18.4 Å². The van der Waals surface area contributed by atoms with Gasteiger partial charge in [0.05, 0.1) is 12.5 Å². The number of likely N-dealkylation sites (tertiary alicyclic amines) is 1. The van der Waals surface area contributed by atoms with E-state index in [2.05, 4.69) is 10.6 Å². The highest BCUT2D eigenvalue weighted by molar-refractivity contribution is 5.90. The number of piperidine rings is 1. The molecule has 2 fully saturated rings. The van der Waals surface area contributed by atoms with E-state index in [0.717, 1.165) is 29.8 Å². The second-order valence-electron chi connectivity index (χ2n) is 7.74. The van der Waals surface area contributed by atoms with Crippen LogP contribution in [-0.4, -0.2) is 49.2 Å². The van der Waals surface area contributed by atoms with Crippen LogP contribution in [-0.2, 0) is 16.1 Å². The minimum Gasteiger partial charge on any atom is -0.447 e. The van der Waals surface area contributed by atoms with E-state index in [1.165, 1.54) is 0 Å². The summed E-state index contributed by atoms with van der Waals surface area (Å²) >= 11 is 0. The third kappa shape index (κ3) is 5.14. The lowest BCUT2D eigenvalue weighted by molar-refractivity contribution is -0.126. The Morgan fingerprint density at radius 1 is 1.06 bits per heavy atom. The van der Waals surface area contributed by atoms with Gasteiger partial charge in [-0.3, -0.25) is 9.69 Å². The Bertz CT molecular complexity index is 950. The normalized spacial score (nSPS) is 18.5. The molecule has 31 heavy (non-hydrogen) atoms. The molecule has 2 heterocycles. The van der Waals surface area contributed by atoms with Gasteiger partial charge >= 0.3 is 12.1 Å². The minimum atomic E-state index is -0.350. The molecule has 0 aliphatic carbocycles. The number of cyclic esters (lactones) is 1. The van der Waals surface area contributed by atoms with E-state index in [4.69, 9.17) is 4.74 Å². The van der Waals surface area contributed by atoms with Crippen LogP contribution in [0.2, 0.25) is 0 Å². The Morgan fingerprint density at radius 2 is 1.90 bits per heavy atom. The van der Waals surface area contributed by atoms with Gasteiger partial charge in [0.25, 0.3) is 0 Å². The topological polar surface area (TPSA) is 91.0 Å². The molecule has 4 rings (SSSR count). The second kappa shape index (κ2) is 9.51. The number of urea groups is 1. The molecule has 8 heteroatoms. The third-order valence-electron chi connectivity index (χ3n) is 5.55. The molecule has 2 N–H and O–H groups in total. The maximum atomic E-state index is 12.7. The van der Waals surface area contributed by atoms with Crippen LogP contribution in [0.25, 0.3) is 0 Å². The van der Waals surface area contributed by atoms with Crippen molar-refractivity contribution in [2.75, 3.05) is 36.5 Å². The number of benzene rings is 2. The van der Waals surface area contributed by atoms with Gasteiger partial charge < -0.3 is 20.3 Å². The Labute approximate surface area is 181 Å². The van der Waals surface area contributed by atoms with E-state index in [-0.39, 0.29) is 23.9 Å². The lowest BCUT2D eigenvalue weighted by Crippen LogP contribution is -2.46. The number of ether oxygens (including phenoxy) is 1.